The number of ether oxygens (including phenoxy) is 1. The molecule has 0 fully saturated rings. The Morgan fingerprint density at radius 1 is 1.16 bits per heavy atom. The van der Waals surface area contributed by atoms with Gasteiger partial charge in [-0.05, 0) is 34.7 Å². The number of hydrogen-bond acceptors (Lipinski definition) is 3. The summed E-state index contributed by atoms with van der Waals surface area (Å²) in [6, 6.07) is 15.3. The largest absolute Gasteiger partial charge is 0.504 e. The van der Waals surface area contributed by atoms with Crippen LogP contribution in [0.3, 0.4) is 0 Å². The second-order valence-corrected chi connectivity index (χ2v) is 6.96. The highest BCUT2D eigenvalue weighted by Gasteiger charge is 2.29. The molecule has 0 saturated heterocycles. The lowest BCUT2D eigenvalue weighted by Crippen LogP contribution is -2.23. The maximum absolute atomic E-state index is 12.3. The zero-order valence-electron chi connectivity index (χ0n) is 13.5. The number of hydrogen-bond donors (Lipinski definition) is 2. The highest BCUT2D eigenvalue weighted by atomic mass is 79.9. The van der Waals surface area contributed by atoms with Crippen LogP contribution in [0.1, 0.15) is 23.5 Å². The molecule has 1 heterocycles. The molecule has 1 atom stereocenters. The maximum Gasteiger partial charge on any atom is 0.225 e. The van der Waals surface area contributed by atoms with Crippen molar-refractivity contribution in [1.82, 2.24) is 0 Å². The minimum absolute atomic E-state index is 0.0275. The average Bonchev–Trinajstić information content (AvgIpc) is 2.62. The summed E-state index contributed by atoms with van der Waals surface area (Å²) in [5, 5.41) is 15.2. The van der Waals surface area contributed by atoms with Gasteiger partial charge in [-0.3, -0.25) is 4.79 Å². The van der Waals surface area contributed by atoms with Crippen molar-refractivity contribution < 1.29 is 14.6 Å². The van der Waals surface area contributed by atoms with Crippen molar-refractivity contribution in [3.8, 4) is 11.5 Å². The van der Waals surface area contributed by atoms with Gasteiger partial charge in [-0.2, -0.15) is 0 Å². The Kier molecular flexibility index (Phi) is 3.88. The van der Waals surface area contributed by atoms with Gasteiger partial charge in [-0.1, -0.05) is 46.3 Å². The summed E-state index contributed by atoms with van der Waals surface area (Å²) >= 11 is 3.65. The number of phenolic OH excluding ortho intramolecular Hbond substituents is 1. The van der Waals surface area contributed by atoms with E-state index in [0.29, 0.717) is 12.2 Å². The van der Waals surface area contributed by atoms with Gasteiger partial charge >= 0.3 is 0 Å². The van der Waals surface area contributed by atoms with Crippen LogP contribution in [0.2, 0.25) is 0 Å². The van der Waals surface area contributed by atoms with Crippen LogP contribution in [0.15, 0.2) is 53.0 Å². The summed E-state index contributed by atoms with van der Waals surface area (Å²) in [6.45, 7) is 0. The second kappa shape index (κ2) is 6.08. The quantitative estimate of drug-likeness (QED) is 0.653. The van der Waals surface area contributed by atoms with Gasteiger partial charge in [-0.15, -0.1) is 0 Å². The molecule has 126 valence electrons. The zero-order valence-corrected chi connectivity index (χ0v) is 15.1. The van der Waals surface area contributed by atoms with E-state index < -0.39 is 0 Å². The fourth-order valence-corrected chi connectivity index (χ4v) is 4.07. The van der Waals surface area contributed by atoms with E-state index in [1.54, 1.807) is 12.1 Å². The van der Waals surface area contributed by atoms with E-state index in [9.17, 15) is 9.90 Å². The molecule has 3 aromatic carbocycles. The topological polar surface area (TPSA) is 58.6 Å². The Morgan fingerprint density at radius 3 is 2.64 bits per heavy atom. The highest BCUT2D eigenvalue weighted by molar-refractivity contribution is 9.10. The minimum Gasteiger partial charge on any atom is -0.504 e. The fourth-order valence-electron chi connectivity index (χ4n) is 3.47. The van der Waals surface area contributed by atoms with Crippen LogP contribution >= 0.6 is 15.9 Å². The fraction of sp³-hybridized carbons (Fsp3) is 0.150. The molecular formula is C20H16BrNO3. The van der Waals surface area contributed by atoms with Crippen molar-refractivity contribution in [2.75, 3.05) is 12.4 Å². The smallest absolute Gasteiger partial charge is 0.225 e. The van der Waals surface area contributed by atoms with E-state index in [4.69, 9.17) is 4.74 Å². The number of carbonyl (C=O) groups is 1. The van der Waals surface area contributed by atoms with Crippen molar-refractivity contribution in [1.29, 1.82) is 0 Å². The van der Waals surface area contributed by atoms with Crippen LogP contribution in [0.5, 0.6) is 11.5 Å². The molecule has 0 aliphatic carbocycles. The van der Waals surface area contributed by atoms with E-state index in [1.807, 2.05) is 30.3 Å². The van der Waals surface area contributed by atoms with Gasteiger partial charge in [0, 0.05) is 22.2 Å². The molecule has 1 amide bonds. The molecule has 0 radical (unpaired) electrons. The van der Waals surface area contributed by atoms with Crippen LogP contribution in [0, 0.1) is 0 Å². The van der Waals surface area contributed by atoms with Crippen molar-refractivity contribution in [2.24, 2.45) is 0 Å². The maximum atomic E-state index is 12.3. The van der Waals surface area contributed by atoms with Gasteiger partial charge in [-0.25, -0.2) is 0 Å². The first-order chi connectivity index (χ1) is 12.1. The standard InChI is InChI=1S/C20H16BrNO3/c1-25-18-7-6-11(8-17(18)23)14-10-19(24)22-20-13-5-3-2-4-12(13)16(21)9-15(14)20/h2-9,14,23H,10H2,1H3,(H,22,24)/t14-/m0/s1. The number of nitrogens with one attached hydrogen (secondary N) is 1. The molecular weight excluding hydrogens is 382 g/mol. The third-order valence-corrected chi connectivity index (χ3v) is 5.32. The highest BCUT2D eigenvalue weighted by Crippen LogP contribution is 2.44. The van der Waals surface area contributed by atoms with E-state index in [0.717, 1.165) is 32.1 Å². The number of methoxy groups -OCH3 is 1. The molecule has 4 nitrogen and oxygen atoms in total. The van der Waals surface area contributed by atoms with E-state index in [1.165, 1.54) is 7.11 Å². The molecule has 1 aliphatic heterocycles. The van der Waals surface area contributed by atoms with Crippen molar-refractivity contribution in [3.05, 3.63) is 64.1 Å². The number of phenols is 1. The SMILES string of the molecule is COc1ccc([C@@H]2CC(=O)Nc3c2cc(Br)c2ccccc32)cc1O. The van der Waals surface area contributed by atoms with E-state index in [-0.39, 0.29) is 17.6 Å². The van der Waals surface area contributed by atoms with Crippen molar-refractivity contribution in [3.63, 3.8) is 0 Å². The molecule has 0 unspecified atom stereocenters. The predicted octanol–water partition coefficient (Wildman–Crippen LogP) is 4.79. The average molecular weight is 398 g/mol. The van der Waals surface area contributed by atoms with Crippen LogP contribution in [-0.2, 0) is 4.79 Å². The summed E-state index contributed by atoms with van der Waals surface area (Å²) in [5.74, 6) is 0.345. The van der Waals surface area contributed by atoms with Crippen molar-refractivity contribution in [2.45, 2.75) is 12.3 Å². The molecule has 0 spiro atoms. The molecule has 1 aliphatic rings. The van der Waals surface area contributed by atoms with Gasteiger partial charge in [0.05, 0.1) is 12.8 Å². The lowest BCUT2D eigenvalue weighted by atomic mass is 9.83. The summed E-state index contributed by atoms with van der Waals surface area (Å²) in [5.41, 5.74) is 2.77. The number of amides is 1. The lowest BCUT2D eigenvalue weighted by molar-refractivity contribution is -0.116. The predicted molar refractivity (Wildman–Crippen MR) is 101 cm³/mol. The molecule has 0 bridgehead atoms. The first kappa shape index (κ1) is 16.0. The third kappa shape index (κ3) is 2.65. The number of carbonyl (C=O) groups excluding carboxylic acids is 1. The summed E-state index contributed by atoms with van der Waals surface area (Å²) < 4.78 is 6.10. The molecule has 5 heteroatoms. The lowest BCUT2D eigenvalue weighted by Gasteiger charge is -2.28. The summed E-state index contributed by atoms with van der Waals surface area (Å²) in [7, 11) is 1.52. The van der Waals surface area contributed by atoms with Gasteiger partial charge in [0.1, 0.15) is 0 Å². The summed E-state index contributed by atoms with van der Waals surface area (Å²) in [4.78, 5) is 12.3. The van der Waals surface area contributed by atoms with E-state index >= 15 is 0 Å². The van der Waals surface area contributed by atoms with Gasteiger partial charge in [0.15, 0.2) is 11.5 Å². The Labute approximate surface area is 153 Å². The monoisotopic (exact) mass is 397 g/mol. The number of fused-ring (bicyclic) bond motifs is 3. The number of benzene rings is 3. The van der Waals surface area contributed by atoms with E-state index in [2.05, 4.69) is 27.3 Å². The number of halogens is 1. The third-order valence-electron chi connectivity index (χ3n) is 4.66. The molecule has 0 aromatic heterocycles. The zero-order chi connectivity index (χ0) is 17.6. The number of rotatable bonds is 2. The molecule has 3 aromatic rings. The summed E-state index contributed by atoms with van der Waals surface area (Å²) in [6.07, 6.45) is 0.337. The Morgan fingerprint density at radius 2 is 1.92 bits per heavy atom. The van der Waals surface area contributed by atoms with Crippen LogP contribution in [-0.4, -0.2) is 18.1 Å². The number of aromatic hydroxyl groups is 1. The first-order valence-electron chi connectivity index (χ1n) is 7.96. The van der Waals surface area contributed by atoms with Crippen LogP contribution < -0.4 is 10.1 Å². The van der Waals surface area contributed by atoms with Gasteiger partial charge < -0.3 is 15.2 Å². The van der Waals surface area contributed by atoms with Gasteiger partial charge in [0.2, 0.25) is 5.91 Å². The van der Waals surface area contributed by atoms with Crippen LogP contribution in [0.4, 0.5) is 5.69 Å². The number of anilines is 1. The molecule has 2 N–H and O–H groups in total. The Hall–Kier alpha value is -2.53. The second-order valence-electron chi connectivity index (χ2n) is 6.10. The molecule has 4 rings (SSSR count). The van der Waals surface area contributed by atoms with Crippen LogP contribution in [0.25, 0.3) is 10.8 Å². The Bertz CT molecular complexity index is 1000. The normalized spacial score (nSPS) is 16.4. The molecule has 25 heavy (non-hydrogen) atoms. The van der Waals surface area contributed by atoms with Crippen molar-refractivity contribution >= 4 is 38.3 Å². The minimum atomic E-state index is -0.124. The Balaban J connectivity index is 1.93. The van der Waals surface area contributed by atoms with Gasteiger partial charge in [0.25, 0.3) is 0 Å². The first-order valence-corrected chi connectivity index (χ1v) is 8.75. The molecule has 0 saturated carbocycles.